The Balaban J connectivity index is 1.46. The van der Waals surface area contributed by atoms with E-state index in [1.165, 1.54) is 5.56 Å². The SMILES string of the molecule is Cc1cc(=O)n(CC(=O)N2CCN(Cc3ccncc3)CC2)c2c(C)cccc12. The molecule has 3 aromatic rings. The number of pyridine rings is 2. The van der Waals surface area contributed by atoms with Crippen molar-refractivity contribution in [1.29, 1.82) is 0 Å². The lowest BCUT2D eigenvalue weighted by molar-refractivity contribution is -0.133. The van der Waals surface area contributed by atoms with Gasteiger partial charge in [0.25, 0.3) is 5.56 Å². The number of hydrogen-bond acceptors (Lipinski definition) is 4. The molecule has 2 aromatic heterocycles. The van der Waals surface area contributed by atoms with Crippen LogP contribution in [0.1, 0.15) is 16.7 Å². The summed E-state index contributed by atoms with van der Waals surface area (Å²) < 4.78 is 1.63. The number of piperazine rings is 1. The Morgan fingerprint density at radius 3 is 2.45 bits per heavy atom. The van der Waals surface area contributed by atoms with Crippen LogP contribution < -0.4 is 5.56 Å². The number of para-hydroxylation sites is 1. The van der Waals surface area contributed by atoms with E-state index < -0.39 is 0 Å². The molecule has 1 amide bonds. The summed E-state index contributed by atoms with van der Waals surface area (Å²) in [4.78, 5) is 33.9. The first-order valence-electron chi connectivity index (χ1n) is 10.0. The second-order valence-electron chi connectivity index (χ2n) is 7.74. The van der Waals surface area contributed by atoms with Crippen LogP contribution >= 0.6 is 0 Å². The highest BCUT2D eigenvalue weighted by molar-refractivity contribution is 5.87. The minimum atomic E-state index is -0.117. The molecule has 3 heterocycles. The quantitative estimate of drug-likeness (QED) is 0.686. The number of aryl methyl sites for hydroxylation is 2. The fourth-order valence-electron chi connectivity index (χ4n) is 4.08. The van der Waals surface area contributed by atoms with Crippen LogP contribution in [0.25, 0.3) is 10.9 Å². The van der Waals surface area contributed by atoms with Crippen molar-refractivity contribution in [1.82, 2.24) is 19.4 Å². The highest BCUT2D eigenvalue weighted by Gasteiger charge is 2.22. The van der Waals surface area contributed by atoms with E-state index in [2.05, 4.69) is 9.88 Å². The van der Waals surface area contributed by atoms with Crippen LogP contribution in [0, 0.1) is 13.8 Å². The van der Waals surface area contributed by atoms with Crippen LogP contribution in [0.3, 0.4) is 0 Å². The second-order valence-corrected chi connectivity index (χ2v) is 7.74. The maximum atomic E-state index is 13.0. The zero-order chi connectivity index (χ0) is 20.4. The minimum Gasteiger partial charge on any atom is -0.339 e. The number of amides is 1. The zero-order valence-electron chi connectivity index (χ0n) is 17.0. The van der Waals surface area contributed by atoms with Gasteiger partial charge in [-0.2, -0.15) is 0 Å². The summed E-state index contributed by atoms with van der Waals surface area (Å²) >= 11 is 0. The van der Waals surface area contributed by atoms with E-state index in [-0.39, 0.29) is 18.0 Å². The molecule has 0 saturated carbocycles. The molecule has 0 spiro atoms. The Morgan fingerprint density at radius 1 is 1.00 bits per heavy atom. The normalized spacial score (nSPS) is 15.0. The molecule has 0 N–H and O–H groups in total. The third-order valence-corrected chi connectivity index (χ3v) is 5.71. The van der Waals surface area contributed by atoms with Crippen molar-refractivity contribution < 1.29 is 4.79 Å². The van der Waals surface area contributed by atoms with Crippen molar-refractivity contribution in [2.75, 3.05) is 26.2 Å². The van der Waals surface area contributed by atoms with Crippen molar-refractivity contribution in [3.63, 3.8) is 0 Å². The highest BCUT2D eigenvalue weighted by Crippen LogP contribution is 2.20. The fourth-order valence-corrected chi connectivity index (χ4v) is 4.08. The van der Waals surface area contributed by atoms with E-state index in [0.29, 0.717) is 13.1 Å². The Morgan fingerprint density at radius 2 is 1.72 bits per heavy atom. The van der Waals surface area contributed by atoms with Crippen molar-refractivity contribution in [2.45, 2.75) is 26.9 Å². The monoisotopic (exact) mass is 390 g/mol. The first kappa shape index (κ1) is 19.3. The Labute approximate surface area is 170 Å². The van der Waals surface area contributed by atoms with Crippen molar-refractivity contribution in [3.05, 3.63) is 75.8 Å². The molecular formula is C23H26N4O2. The minimum absolute atomic E-state index is 0.00377. The van der Waals surface area contributed by atoms with Gasteiger partial charge in [0.2, 0.25) is 5.91 Å². The van der Waals surface area contributed by atoms with Crippen LogP contribution in [0.4, 0.5) is 0 Å². The topological polar surface area (TPSA) is 58.4 Å². The van der Waals surface area contributed by atoms with Gasteiger partial charge in [-0.25, -0.2) is 0 Å². The van der Waals surface area contributed by atoms with Crippen LogP contribution in [-0.2, 0) is 17.9 Å². The molecule has 0 aliphatic carbocycles. The molecule has 1 saturated heterocycles. The standard InChI is InChI=1S/C23H26N4O2/c1-17-4-3-5-20-18(2)14-21(28)27(23(17)20)16-22(29)26-12-10-25(11-13-26)15-19-6-8-24-9-7-19/h3-9,14H,10-13,15-16H2,1-2H3. The number of nitrogens with zero attached hydrogens (tertiary/aromatic N) is 4. The van der Waals surface area contributed by atoms with Crippen molar-refractivity contribution >= 4 is 16.8 Å². The number of fused-ring (bicyclic) bond motifs is 1. The van der Waals surface area contributed by atoms with Gasteiger partial charge < -0.3 is 4.90 Å². The van der Waals surface area contributed by atoms with E-state index >= 15 is 0 Å². The molecule has 150 valence electrons. The molecule has 0 unspecified atom stereocenters. The van der Waals surface area contributed by atoms with E-state index in [1.54, 1.807) is 23.0 Å². The van der Waals surface area contributed by atoms with Crippen molar-refractivity contribution in [2.24, 2.45) is 0 Å². The molecule has 6 heteroatoms. The first-order valence-corrected chi connectivity index (χ1v) is 10.0. The van der Waals surface area contributed by atoms with E-state index in [0.717, 1.165) is 41.7 Å². The average Bonchev–Trinajstić information content (AvgIpc) is 2.72. The Hall–Kier alpha value is -2.99. The van der Waals surface area contributed by atoms with E-state index in [4.69, 9.17) is 0 Å². The van der Waals surface area contributed by atoms with Gasteiger partial charge in [-0.05, 0) is 42.7 Å². The zero-order valence-corrected chi connectivity index (χ0v) is 17.0. The lowest BCUT2D eigenvalue weighted by Gasteiger charge is -2.35. The molecule has 1 aliphatic heterocycles. The van der Waals surface area contributed by atoms with Crippen LogP contribution in [0.2, 0.25) is 0 Å². The predicted molar refractivity (Wildman–Crippen MR) is 114 cm³/mol. The van der Waals surface area contributed by atoms with Gasteiger partial charge in [0.05, 0.1) is 5.52 Å². The summed E-state index contributed by atoms with van der Waals surface area (Å²) in [5.74, 6) is 0.00377. The summed E-state index contributed by atoms with van der Waals surface area (Å²) in [5.41, 5.74) is 3.93. The molecular weight excluding hydrogens is 364 g/mol. The molecule has 6 nitrogen and oxygen atoms in total. The summed E-state index contributed by atoms with van der Waals surface area (Å²) in [6, 6.07) is 11.7. The van der Waals surface area contributed by atoms with Gasteiger partial charge >= 0.3 is 0 Å². The third-order valence-electron chi connectivity index (χ3n) is 5.71. The summed E-state index contributed by atoms with van der Waals surface area (Å²) in [6.07, 6.45) is 3.61. The predicted octanol–water partition coefficient (Wildman–Crippen LogP) is 2.36. The molecule has 0 bridgehead atoms. The van der Waals surface area contributed by atoms with Gasteiger partial charge in [-0.1, -0.05) is 18.2 Å². The van der Waals surface area contributed by atoms with Crippen LogP contribution in [0.5, 0.6) is 0 Å². The summed E-state index contributed by atoms with van der Waals surface area (Å²) in [7, 11) is 0. The lowest BCUT2D eigenvalue weighted by atomic mass is 10.1. The molecule has 0 radical (unpaired) electrons. The van der Waals surface area contributed by atoms with Gasteiger partial charge in [-0.3, -0.25) is 24.0 Å². The number of aromatic nitrogens is 2. The summed E-state index contributed by atoms with van der Waals surface area (Å²) in [6.45, 7) is 7.91. The van der Waals surface area contributed by atoms with Gasteiger partial charge in [0.15, 0.2) is 0 Å². The molecule has 1 fully saturated rings. The number of benzene rings is 1. The van der Waals surface area contributed by atoms with Gasteiger partial charge in [-0.15, -0.1) is 0 Å². The maximum Gasteiger partial charge on any atom is 0.251 e. The smallest absolute Gasteiger partial charge is 0.251 e. The molecule has 1 aliphatic rings. The largest absolute Gasteiger partial charge is 0.339 e. The third kappa shape index (κ3) is 4.07. The van der Waals surface area contributed by atoms with Crippen LogP contribution in [-0.4, -0.2) is 51.4 Å². The second kappa shape index (κ2) is 8.17. The van der Waals surface area contributed by atoms with Crippen molar-refractivity contribution in [3.8, 4) is 0 Å². The van der Waals surface area contributed by atoms with Crippen LogP contribution in [0.15, 0.2) is 53.6 Å². The van der Waals surface area contributed by atoms with E-state index in [9.17, 15) is 9.59 Å². The average molecular weight is 390 g/mol. The number of carbonyl (C=O) groups excluding carboxylic acids is 1. The number of carbonyl (C=O) groups is 1. The first-order chi connectivity index (χ1) is 14.0. The summed E-state index contributed by atoms with van der Waals surface area (Å²) in [5, 5.41) is 1.03. The Kier molecular flexibility index (Phi) is 5.45. The number of rotatable bonds is 4. The van der Waals surface area contributed by atoms with Gasteiger partial charge in [0, 0.05) is 56.6 Å². The lowest BCUT2D eigenvalue weighted by Crippen LogP contribution is -2.49. The molecule has 29 heavy (non-hydrogen) atoms. The fraction of sp³-hybridized carbons (Fsp3) is 0.348. The maximum absolute atomic E-state index is 13.0. The highest BCUT2D eigenvalue weighted by atomic mass is 16.2. The number of hydrogen-bond donors (Lipinski definition) is 0. The molecule has 0 atom stereocenters. The Bertz CT molecular complexity index is 1080. The van der Waals surface area contributed by atoms with Gasteiger partial charge in [0.1, 0.15) is 6.54 Å². The molecule has 4 rings (SSSR count). The molecule has 1 aromatic carbocycles. The van der Waals surface area contributed by atoms with E-state index in [1.807, 2.05) is 49.1 Å².